The lowest BCUT2D eigenvalue weighted by molar-refractivity contribution is 0.517. The molecule has 2 rings (SSSR count). The van der Waals surface area contributed by atoms with Crippen molar-refractivity contribution in [2.45, 2.75) is 27.3 Å². The Morgan fingerprint density at radius 1 is 1.26 bits per heavy atom. The molecule has 0 fully saturated rings. The maximum absolute atomic E-state index is 5.29. The van der Waals surface area contributed by atoms with Crippen LogP contribution in [0.15, 0.2) is 28.9 Å². The average molecular weight is 260 g/mol. The first-order valence-corrected chi connectivity index (χ1v) is 6.59. The molecule has 5 nitrogen and oxygen atoms in total. The van der Waals surface area contributed by atoms with Crippen LogP contribution in [0.25, 0.3) is 0 Å². The highest BCUT2D eigenvalue weighted by molar-refractivity contribution is 5.49. The molecule has 0 saturated heterocycles. The van der Waals surface area contributed by atoms with Crippen molar-refractivity contribution < 1.29 is 4.42 Å². The second-order valence-electron chi connectivity index (χ2n) is 4.26. The van der Waals surface area contributed by atoms with Gasteiger partial charge in [-0.3, -0.25) is 0 Å². The van der Waals surface area contributed by atoms with Crippen molar-refractivity contribution in [2.75, 3.05) is 23.3 Å². The van der Waals surface area contributed by atoms with Gasteiger partial charge in [0.2, 0.25) is 0 Å². The highest BCUT2D eigenvalue weighted by atomic mass is 16.3. The van der Waals surface area contributed by atoms with Gasteiger partial charge in [-0.1, -0.05) is 0 Å². The van der Waals surface area contributed by atoms with Crippen molar-refractivity contribution in [3.63, 3.8) is 0 Å². The number of nitrogens with zero attached hydrogens (tertiary/aromatic N) is 3. The van der Waals surface area contributed by atoms with Crippen LogP contribution in [0.1, 0.15) is 25.4 Å². The molecule has 0 radical (unpaired) electrons. The summed E-state index contributed by atoms with van der Waals surface area (Å²) in [4.78, 5) is 11.1. The van der Waals surface area contributed by atoms with Crippen molar-refractivity contribution >= 4 is 11.6 Å². The van der Waals surface area contributed by atoms with Crippen LogP contribution in [0.5, 0.6) is 0 Å². The second kappa shape index (κ2) is 6.22. The lowest BCUT2D eigenvalue weighted by Gasteiger charge is -2.20. The summed E-state index contributed by atoms with van der Waals surface area (Å²) in [5.41, 5.74) is 0. The summed E-state index contributed by atoms with van der Waals surface area (Å²) in [7, 11) is 0. The van der Waals surface area contributed by atoms with Crippen molar-refractivity contribution in [1.82, 2.24) is 9.97 Å². The van der Waals surface area contributed by atoms with E-state index >= 15 is 0 Å². The molecule has 5 heteroatoms. The molecule has 0 bridgehead atoms. The monoisotopic (exact) mass is 260 g/mol. The van der Waals surface area contributed by atoms with Gasteiger partial charge in [0, 0.05) is 19.2 Å². The number of anilines is 2. The standard InChI is InChI=1S/C14H20N4O/c1-4-18(5-2)14-9-13(16-11(3)17-14)15-10-12-7-6-8-19-12/h6-9H,4-5,10H2,1-3H3,(H,15,16,17). The summed E-state index contributed by atoms with van der Waals surface area (Å²) in [5, 5.41) is 3.26. The van der Waals surface area contributed by atoms with E-state index in [1.54, 1.807) is 6.26 Å². The molecule has 0 aromatic carbocycles. The van der Waals surface area contributed by atoms with Gasteiger partial charge in [0.25, 0.3) is 0 Å². The smallest absolute Gasteiger partial charge is 0.134 e. The van der Waals surface area contributed by atoms with Gasteiger partial charge in [-0.25, -0.2) is 9.97 Å². The van der Waals surface area contributed by atoms with Gasteiger partial charge in [-0.15, -0.1) is 0 Å². The fourth-order valence-corrected chi connectivity index (χ4v) is 1.94. The average Bonchev–Trinajstić information content (AvgIpc) is 2.90. The van der Waals surface area contributed by atoms with Gasteiger partial charge in [0.15, 0.2) is 0 Å². The van der Waals surface area contributed by atoms with E-state index in [4.69, 9.17) is 4.42 Å². The van der Waals surface area contributed by atoms with Crippen LogP contribution in [-0.2, 0) is 6.54 Å². The lowest BCUT2D eigenvalue weighted by Crippen LogP contribution is -2.23. The van der Waals surface area contributed by atoms with Crippen LogP contribution in [0, 0.1) is 6.92 Å². The molecule has 0 unspecified atom stereocenters. The molecule has 0 saturated carbocycles. The molecule has 2 heterocycles. The Morgan fingerprint density at radius 3 is 2.68 bits per heavy atom. The van der Waals surface area contributed by atoms with Gasteiger partial charge in [0.05, 0.1) is 12.8 Å². The number of hydrogen-bond donors (Lipinski definition) is 1. The quantitative estimate of drug-likeness (QED) is 0.865. The molecule has 0 aliphatic carbocycles. The highest BCUT2D eigenvalue weighted by Crippen LogP contribution is 2.16. The van der Waals surface area contributed by atoms with Crippen LogP contribution in [0.4, 0.5) is 11.6 Å². The Balaban J connectivity index is 2.12. The largest absolute Gasteiger partial charge is 0.467 e. The number of hydrogen-bond acceptors (Lipinski definition) is 5. The lowest BCUT2D eigenvalue weighted by atomic mass is 10.4. The minimum atomic E-state index is 0.626. The summed E-state index contributed by atoms with van der Waals surface area (Å²) in [6.45, 7) is 8.65. The summed E-state index contributed by atoms with van der Waals surface area (Å²) >= 11 is 0. The van der Waals surface area contributed by atoms with Gasteiger partial charge in [-0.05, 0) is 32.9 Å². The van der Waals surface area contributed by atoms with E-state index in [9.17, 15) is 0 Å². The van der Waals surface area contributed by atoms with E-state index < -0.39 is 0 Å². The first-order chi connectivity index (χ1) is 9.22. The third kappa shape index (κ3) is 3.47. The zero-order valence-corrected chi connectivity index (χ0v) is 11.7. The van der Waals surface area contributed by atoms with Crippen LogP contribution < -0.4 is 10.2 Å². The Labute approximate surface area is 113 Å². The molecular weight excluding hydrogens is 240 g/mol. The van der Waals surface area contributed by atoms with Gasteiger partial charge in [-0.2, -0.15) is 0 Å². The summed E-state index contributed by atoms with van der Waals surface area (Å²) in [6.07, 6.45) is 1.67. The predicted octanol–water partition coefficient (Wildman–Crippen LogP) is 2.84. The van der Waals surface area contributed by atoms with Gasteiger partial charge < -0.3 is 14.6 Å². The number of aromatic nitrogens is 2. The third-order valence-electron chi connectivity index (χ3n) is 2.94. The topological polar surface area (TPSA) is 54.2 Å². The van der Waals surface area contributed by atoms with E-state index in [2.05, 4.69) is 34.0 Å². The first-order valence-electron chi connectivity index (χ1n) is 6.59. The molecule has 19 heavy (non-hydrogen) atoms. The highest BCUT2D eigenvalue weighted by Gasteiger charge is 2.07. The van der Waals surface area contributed by atoms with Gasteiger partial charge >= 0.3 is 0 Å². The molecule has 2 aromatic rings. The third-order valence-corrected chi connectivity index (χ3v) is 2.94. The fraction of sp³-hybridized carbons (Fsp3) is 0.429. The summed E-state index contributed by atoms with van der Waals surface area (Å²) in [5.74, 6) is 3.44. The predicted molar refractivity (Wildman–Crippen MR) is 76.4 cm³/mol. The molecular formula is C14H20N4O. The van der Waals surface area contributed by atoms with Crippen LogP contribution in [0.3, 0.4) is 0 Å². The Hall–Kier alpha value is -2.04. The first kappa shape index (κ1) is 13.4. The normalized spacial score (nSPS) is 10.5. The van der Waals surface area contributed by atoms with Gasteiger partial charge in [0.1, 0.15) is 23.2 Å². The van der Waals surface area contributed by atoms with Crippen molar-refractivity contribution in [3.05, 3.63) is 36.0 Å². The van der Waals surface area contributed by atoms with E-state index in [0.29, 0.717) is 6.54 Å². The van der Waals surface area contributed by atoms with Crippen LogP contribution in [0.2, 0.25) is 0 Å². The molecule has 0 spiro atoms. The molecule has 0 atom stereocenters. The van der Waals surface area contributed by atoms with E-state index in [-0.39, 0.29) is 0 Å². The van der Waals surface area contributed by atoms with E-state index in [0.717, 1.165) is 36.3 Å². The number of nitrogens with one attached hydrogen (secondary N) is 1. The molecule has 1 N–H and O–H groups in total. The maximum atomic E-state index is 5.29. The molecule has 0 aliphatic rings. The molecule has 0 amide bonds. The van der Waals surface area contributed by atoms with Crippen molar-refractivity contribution in [2.24, 2.45) is 0 Å². The zero-order valence-electron chi connectivity index (χ0n) is 11.7. The number of rotatable bonds is 6. The molecule has 0 aliphatic heterocycles. The van der Waals surface area contributed by atoms with E-state index in [1.165, 1.54) is 0 Å². The number of aryl methyl sites for hydroxylation is 1. The zero-order chi connectivity index (χ0) is 13.7. The van der Waals surface area contributed by atoms with E-state index in [1.807, 2.05) is 25.1 Å². The molecule has 102 valence electrons. The Bertz CT molecular complexity index is 506. The van der Waals surface area contributed by atoms with Crippen LogP contribution in [-0.4, -0.2) is 23.1 Å². The summed E-state index contributed by atoms with van der Waals surface area (Å²) in [6, 6.07) is 5.79. The minimum absolute atomic E-state index is 0.626. The maximum Gasteiger partial charge on any atom is 0.134 e. The second-order valence-corrected chi connectivity index (χ2v) is 4.26. The number of furan rings is 1. The van der Waals surface area contributed by atoms with Crippen molar-refractivity contribution in [3.8, 4) is 0 Å². The minimum Gasteiger partial charge on any atom is -0.467 e. The summed E-state index contributed by atoms with van der Waals surface area (Å²) < 4.78 is 5.29. The van der Waals surface area contributed by atoms with Crippen molar-refractivity contribution in [1.29, 1.82) is 0 Å². The Kier molecular flexibility index (Phi) is 4.39. The SMILES string of the molecule is CCN(CC)c1cc(NCc2ccco2)nc(C)n1. The molecule has 2 aromatic heterocycles. The Morgan fingerprint density at radius 2 is 2.05 bits per heavy atom. The fourth-order valence-electron chi connectivity index (χ4n) is 1.94. The van der Waals surface area contributed by atoms with Crippen LogP contribution >= 0.6 is 0 Å².